The van der Waals surface area contributed by atoms with Gasteiger partial charge >= 0.3 is 0 Å². The molecule has 1 amide bonds. The van der Waals surface area contributed by atoms with E-state index in [1.165, 1.54) is 263 Å². The molecule has 0 aromatic rings. The molecule has 0 fully saturated rings. The third-order valence-electron chi connectivity index (χ3n) is 14.1. The second-order valence-electron chi connectivity index (χ2n) is 20.4. The zero-order valence-electron chi connectivity index (χ0n) is 42.9. The maximum absolute atomic E-state index is 12.6. The Hall–Kier alpha value is -0.690. The fraction of sp³-hybridized carbons (Fsp3) is 0.982. The molecule has 0 radical (unpaired) electrons. The van der Waals surface area contributed by atoms with E-state index in [-0.39, 0.29) is 0 Å². The zero-order valence-corrected chi connectivity index (χ0v) is 42.9. The lowest BCUT2D eigenvalue weighted by Gasteiger charge is -2.27. The molecule has 0 heterocycles. The van der Waals surface area contributed by atoms with Gasteiger partial charge in [-0.15, -0.1) is 0 Å². The lowest BCUT2D eigenvalue weighted by molar-refractivity contribution is -0.132. The zero-order chi connectivity index (χ0) is 45.9. The maximum atomic E-state index is 12.6. The smallest absolute Gasteiger partial charge is 0.249 e. The first kappa shape index (κ1) is 62.3. The van der Waals surface area contributed by atoms with Crippen LogP contribution in [0.3, 0.4) is 0 Å². The number of hydrogen-bond acceptors (Lipinski definition) is 5. The van der Waals surface area contributed by atoms with Gasteiger partial charge in [0.05, 0.1) is 18.8 Å². The van der Waals surface area contributed by atoms with Crippen molar-refractivity contribution < 1.29 is 25.2 Å². The van der Waals surface area contributed by atoms with Crippen molar-refractivity contribution >= 4 is 5.91 Å². The lowest BCUT2D eigenvalue weighted by atomic mass is 9.99. The number of aliphatic hydroxyl groups excluding tert-OH is 4. The van der Waals surface area contributed by atoms with Crippen molar-refractivity contribution in [2.24, 2.45) is 0 Å². The van der Waals surface area contributed by atoms with Crippen molar-refractivity contribution in [2.45, 2.75) is 353 Å². The average Bonchev–Trinajstić information content (AvgIpc) is 3.29. The molecule has 6 heteroatoms. The van der Waals surface area contributed by atoms with Gasteiger partial charge in [0.1, 0.15) is 12.2 Å². The van der Waals surface area contributed by atoms with Gasteiger partial charge in [0, 0.05) is 0 Å². The summed E-state index contributed by atoms with van der Waals surface area (Å²) in [4.78, 5) is 12.6. The van der Waals surface area contributed by atoms with Gasteiger partial charge in [-0.1, -0.05) is 316 Å². The Morgan fingerprint density at radius 3 is 0.762 bits per heavy atom. The van der Waals surface area contributed by atoms with Crippen LogP contribution in [0.1, 0.15) is 328 Å². The summed E-state index contributed by atoms with van der Waals surface area (Å²) in [5, 5.41) is 44.0. The van der Waals surface area contributed by atoms with E-state index in [0.717, 1.165) is 38.5 Å². The second-order valence-corrected chi connectivity index (χ2v) is 20.4. The summed E-state index contributed by atoms with van der Waals surface area (Å²) in [5.41, 5.74) is 0. The van der Waals surface area contributed by atoms with Gasteiger partial charge < -0.3 is 25.7 Å². The predicted molar refractivity (Wildman–Crippen MR) is 275 cm³/mol. The fourth-order valence-corrected chi connectivity index (χ4v) is 9.53. The molecule has 6 nitrogen and oxygen atoms in total. The van der Waals surface area contributed by atoms with Gasteiger partial charge in [-0.2, -0.15) is 0 Å². The van der Waals surface area contributed by atoms with Crippen molar-refractivity contribution in [3.63, 3.8) is 0 Å². The molecule has 0 aliphatic heterocycles. The Kier molecular flexibility index (Phi) is 51.7. The summed E-state index contributed by atoms with van der Waals surface area (Å²) < 4.78 is 0. The molecular weight excluding hydrogens is 779 g/mol. The third kappa shape index (κ3) is 46.2. The normalized spacial score (nSPS) is 13.7. The maximum Gasteiger partial charge on any atom is 0.249 e. The van der Waals surface area contributed by atoms with Gasteiger partial charge in [-0.25, -0.2) is 0 Å². The average molecular weight is 895 g/mol. The number of hydrogen-bond donors (Lipinski definition) is 5. The van der Waals surface area contributed by atoms with Gasteiger partial charge in [-0.05, 0) is 12.8 Å². The molecule has 0 aliphatic carbocycles. The molecule has 0 aromatic carbocycles. The molecule has 5 N–H and O–H groups in total. The summed E-state index contributed by atoms with van der Waals surface area (Å²) in [7, 11) is 0. The van der Waals surface area contributed by atoms with Crippen LogP contribution >= 0.6 is 0 Å². The van der Waals surface area contributed by atoms with Crippen molar-refractivity contribution in [1.29, 1.82) is 0 Å². The predicted octanol–water partition coefficient (Wildman–Crippen LogP) is 16.7. The van der Waals surface area contributed by atoms with E-state index in [0.29, 0.717) is 12.8 Å². The van der Waals surface area contributed by atoms with Crippen molar-refractivity contribution in [3.8, 4) is 0 Å². The molecule has 0 spiro atoms. The first-order valence-corrected chi connectivity index (χ1v) is 28.9. The molecule has 63 heavy (non-hydrogen) atoms. The Morgan fingerprint density at radius 1 is 0.333 bits per heavy atom. The molecule has 0 aliphatic rings. The molecule has 378 valence electrons. The van der Waals surface area contributed by atoms with Gasteiger partial charge in [-0.3, -0.25) is 4.79 Å². The van der Waals surface area contributed by atoms with Crippen LogP contribution in [0.5, 0.6) is 0 Å². The monoisotopic (exact) mass is 894 g/mol. The Bertz CT molecular complexity index is 871. The minimum absolute atomic E-state index is 0.376. The SMILES string of the molecule is CCCCCCCCCCCCCCCCCCCCCCCCCCCCCC(O)C(=O)NC(CO)C(O)C(O)CCCCCCCCCCCCCCCCCCCCCC. The number of rotatable bonds is 54. The highest BCUT2D eigenvalue weighted by Gasteiger charge is 2.28. The highest BCUT2D eigenvalue weighted by molar-refractivity contribution is 5.80. The topological polar surface area (TPSA) is 110 Å². The first-order valence-electron chi connectivity index (χ1n) is 28.9. The molecule has 0 saturated heterocycles. The van der Waals surface area contributed by atoms with Crippen LogP contribution in [-0.2, 0) is 4.79 Å². The second kappa shape index (κ2) is 52.3. The number of carbonyl (C=O) groups excluding carboxylic acids is 1. The van der Waals surface area contributed by atoms with E-state index in [2.05, 4.69) is 19.2 Å². The molecule has 0 bridgehead atoms. The molecule has 0 aromatic heterocycles. The molecule has 0 rings (SSSR count). The number of amides is 1. The van der Waals surface area contributed by atoms with Crippen LogP contribution in [0, 0.1) is 0 Å². The van der Waals surface area contributed by atoms with Gasteiger partial charge in [0.25, 0.3) is 0 Å². The number of carbonyl (C=O) groups is 1. The van der Waals surface area contributed by atoms with Crippen LogP contribution in [0.4, 0.5) is 0 Å². The lowest BCUT2D eigenvalue weighted by Crippen LogP contribution is -2.53. The number of nitrogens with one attached hydrogen (secondary N) is 1. The Morgan fingerprint density at radius 2 is 0.540 bits per heavy atom. The molecular formula is C57H115NO5. The van der Waals surface area contributed by atoms with E-state index < -0.39 is 36.9 Å². The summed E-state index contributed by atoms with van der Waals surface area (Å²) >= 11 is 0. The van der Waals surface area contributed by atoms with Crippen molar-refractivity contribution in [3.05, 3.63) is 0 Å². The standard InChI is InChI=1S/C57H115NO5/c1-3-5-7-9-11-13-15-17-19-21-23-25-26-27-28-29-30-31-33-35-37-39-41-43-45-47-49-51-55(61)57(63)58-53(52-59)56(62)54(60)50-48-46-44-42-40-38-36-34-32-24-22-20-18-16-14-12-10-8-6-4-2/h53-56,59-62H,3-52H2,1-2H3,(H,58,63). The molecule has 4 unspecified atom stereocenters. The highest BCUT2D eigenvalue weighted by atomic mass is 16.3. The minimum Gasteiger partial charge on any atom is -0.394 e. The van der Waals surface area contributed by atoms with Gasteiger partial charge in [0.2, 0.25) is 5.91 Å². The van der Waals surface area contributed by atoms with Crippen LogP contribution in [0.2, 0.25) is 0 Å². The van der Waals surface area contributed by atoms with Crippen LogP contribution in [-0.4, -0.2) is 57.3 Å². The van der Waals surface area contributed by atoms with Crippen LogP contribution in [0.15, 0.2) is 0 Å². The first-order chi connectivity index (χ1) is 31.0. The fourth-order valence-electron chi connectivity index (χ4n) is 9.53. The van der Waals surface area contributed by atoms with Crippen molar-refractivity contribution in [1.82, 2.24) is 5.32 Å². The van der Waals surface area contributed by atoms with Crippen molar-refractivity contribution in [2.75, 3.05) is 6.61 Å². The number of unbranched alkanes of at least 4 members (excludes halogenated alkanes) is 45. The number of aliphatic hydroxyl groups is 4. The largest absolute Gasteiger partial charge is 0.394 e. The van der Waals surface area contributed by atoms with Crippen LogP contribution in [0.25, 0.3) is 0 Å². The summed E-state index contributed by atoms with van der Waals surface area (Å²) in [6.07, 6.45) is 60.3. The minimum atomic E-state index is -1.25. The molecule has 0 saturated carbocycles. The van der Waals surface area contributed by atoms with E-state index in [9.17, 15) is 25.2 Å². The van der Waals surface area contributed by atoms with E-state index in [4.69, 9.17) is 0 Å². The van der Waals surface area contributed by atoms with Crippen LogP contribution < -0.4 is 5.32 Å². The third-order valence-corrected chi connectivity index (χ3v) is 14.1. The summed E-state index contributed by atoms with van der Waals surface area (Å²) in [6.45, 7) is 4.10. The van der Waals surface area contributed by atoms with E-state index in [1.807, 2.05) is 0 Å². The molecule has 4 atom stereocenters. The van der Waals surface area contributed by atoms with E-state index in [1.54, 1.807) is 0 Å². The highest BCUT2D eigenvalue weighted by Crippen LogP contribution is 2.19. The quantitative estimate of drug-likeness (QED) is 0.0391. The Balaban J connectivity index is 3.57. The summed E-state index contributed by atoms with van der Waals surface area (Å²) in [6, 6.07) is -0.981. The summed E-state index contributed by atoms with van der Waals surface area (Å²) in [5.74, 6) is -0.575. The Labute approximate surface area is 394 Å². The van der Waals surface area contributed by atoms with Gasteiger partial charge in [0.15, 0.2) is 0 Å². The van der Waals surface area contributed by atoms with E-state index >= 15 is 0 Å².